The molecule has 0 amide bonds. The van der Waals surface area contributed by atoms with Gasteiger partial charge in [0.2, 0.25) is 0 Å². The lowest BCUT2D eigenvalue weighted by Gasteiger charge is -2.10. The van der Waals surface area contributed by atoms with E-state index in [0.29, 0.717) is 17.5 Å². The highest BCUT2D eigenvalue weighted by Gasteiger charge is 2.21. The van der Waals surface area contributed by atoms with Crippen LogP contribution in [0.25, 0.3) is 0 Å². The van der Waals surface area contributed by atoms with Crippen LogP contribution in [0.1, 0.15) is 25.3 Å². The summed E-state index contributed by atoms with van der Waals surface area (Å²) in [6.45, 7) is 3.58. The third kappa shape index (κ3) is 6.51. The first-order chi connectivity index (χ1) is 9.99. The topological polar surface area (TPSA) is 70.6 Å². The Balaban J connectivity index is 0.00000242. The molecular weight excluding hydrogens is 413 g/mol. The molecule has 1 aliphatic carbocycles. The summed E-state index contributed by atoms with van der Waals surface area (Å²) in [4.78, 5) is 4.90. The summed E-state index contributed by atoms with van der Waals surface area (Å²) in [6, 6.07) is 7.60. The minimum Gasteiger partial charge on any atom is -0.357 e. The maximum Gasteiger partial charge on any atom is 0.191 e. The molecule has 0 aliphatic heterocycles. The van der Waals surface area contributed by atoms with Gasteiger partial charge in [0.1, 0.15) is 0 Å². The van der Waals surface area contributed by atoms with E-state index in [9.17, 15) is 8.42 Å². The van der Waals surface area contributed by atoms with E-state index in [1.165, 1.54) is 19.1 Å². The van der Waals surface area contributed by atoms with E-state index in [4.69, 9.17) is 0 Å². The Labute approximate surface area is 149 Å². The molecular formula is C15H24IN3O2S. The van der Waals surface area contributed by atoms with E-state index in [1.54, 1.807) is 12.1 Å². The smallest absolute Gasteiger partial charge is 0.191 e. The van der Waals surface area contributed by atoms with E-state index >= 15 is 0 Å². The highest BCUT2D eigenvalue weighted by molar-refractivity contribution is 14.0. The molecule has 0 aromatic heterocycles. The van der Waals surface area contributed by atoms with Crippen molar-refractivity contribution in [3.63, 3.8) is 0 Å². The summed E-state index contributed by atoms with van der Waals surface area (Å²) in [7, 11) is -3.11. The summed E-state index contributed by atoms with van der Waals surface area (Å²) >= 11 is 0. The van der Waals surface area contributed by atoms with Crippen molar-refractivity contribution in [3.8, 4) is 0 Å². The third-order valence-electron chi connectivity index (χ3n) is 3.28. The molecule has 0 bridgehead atoms. The highest BCUT2D eigenvalue weighted by atomic mass is 127. The van der Waals surface area contributed by atoms with Gasteiger partial charge in [0, 0.05) is 25.4 Å². The minimum atomic E-state index is -3.11. The maximum absolute atomic E-state index is 11.4. The lowest BCUT2D eigenvalue weighted by Crippen LogP contribution is -2.38. The predicted molar refractivity (Wildman–Crippen MR) is 101 cm³/mol. The largest absolute Gasteiger partial charge is 0.357 e. The predicted octanol–water partition coefficient (Wildman–Crippen LogP) is 1.97. The molecule has 0 spiro atoms. The average molecular weight is 437 g/mol. The monoisotopic (exact) mass is 437 g/mol. The Hall–Kier alpha value is -0.830. The minimum absolute atomic E-state index is 0. The number of aliphatic imine (C=N–C) groups is 1. The van der Waals surface area contributed by atoms with Crippen molar-refractivity contribution < 1.29 is 8.42 Å². The summed E-state index contributed by atoms with van der Waals surface area (Å²) in [6.07, 6.45) is 4.46. The molecule has 124 valence electrons. The standard InChI is InChI=1S/C15H23N3O2S.HI/c1-3-16-15(18-13-6-7-13)17-11-10-12-4-8-14(9-5-12)21(2,19)20;/h4-5,8-9,13H,3,6-7,10-11H2,1-2H3,(H2,16,17,18);1H. The normalized spacial score (nSPS) is 15.1. The Kier molecular flexibility index (Phi) is 7.61. The number of rotatable bonds is 6. The molecule has 0 heterocycles. The van der Waals surface area contributed by atoms with Crippen molar-refractivity contribution in [2.45, 2.75) is 37.1 Å². The molecule has 22 heavy (non-hydrogen) atoms. The zero-order valence-corrected chi connectivity index (χ0v) is 16.1. The third-order valence-corrected chi connectivity index (χ3v) is 4.41. The highest BCUT2D eigenvalue weighted by Crippen LogP contribution is 2.18. The van der Waals surface area contributed by atoms with Crippen molar-refractivity contribution >= 4 is 39.8 Å². The summed E-state index contributed by atoms with van der Waals surface area (Å²) in [5, 5.41) is 6.60. The molecule has 0 atom stereocenters. The van der Waals surface area contributed by atoms with Crippen LogP contribution < -0.4 is 10.6 Å². The molecule has 2 N–H and O–H groups in total. The number of nitrogens with one attached hydrogen (secondary N) is 2. The first-order valence-corrected chi connectivity index (χ1v) is 9.22. The second-order valence-electron chi connectivity index (χ2n) is 5.35. The number of hydrogen-bond donors (Lipinski definition) is 2. The molecule has 0 saturated heterocycles. The molecule has 1 aliphatic rings. The van der Waals surface area contributed by atoms with Gasteiger partial charge in [0.25, 0.3) is 0 Å². The van der Waals surface area contributed by atoms with Crippen molar-refractivity contribution in [2.75, 3.05) is 19.3 Å². The van der Waals surface area contributed by atoms with Gasteiger partial charge in [-0.05, 0) is 43.9 Å². The Morgan fingerprint density at radius 3 is 2.41 bits per heavy atom. The SMILES string of the molecule is CCNC(=NCCc1ccc(S(C)(=O)=O)cc1)NC1CC1.I. The van der Waals surface area contributed by atoms with Gasteiger partial charge in [-0.25, -0.2) is 8.42 Å². The molecule has 1 aromatic rings. The van der Waals surface area contributed by atoms with E-state index in [1.807, 2.05) is 19.1 Å². The molecule has 0 unspecified atom stereocenters. The average Bonchev–Trinajstić information content (AvgIpc) is 3.22. The zero-order chi connectivity index (χ0) is 15.3. The second kappa shape index (κ2) is 8.71. The first-order valence-electron chi connectivity index (χ1n) is 7.33. The maximum atomic E-state index is 11.4. The quantitative estimate of drug-likeness (QED) is 0.406. The van der Waals surface area contributed by atoms with Crippen LogP contribution in [0.5, 0.6) is 0 Å². The number of guanidine groups is 1. The van der Waals surface area contributed by atoms with Gasteiger partial charge in [-0.15, -0.1) is 24.0 Å². The molecule has 7 heteroatoms. The summed E-state index contributed by atoms with van der Waals surface area (Å²) in [5.74, 6) is 0.868. The van der Waals surface area contributed by atoms with Crippen LogP contribution in [0, 0.1) is 0 Å². The second-order valence-corrected chi connectivity index (χ2v) is 7.36. The van der Waals surface area contributed by atoms with Gasteiger partial charge in [0.15, 0.2) is 15.8 Å². The lowest BCUT2D eigenvalue weighted by atomic mass is 10.1. The fraction of sp³-hybridized carbons (Fsp3) is 0.533. The van der Waals surface area contributed by atoms with Crippen LogP contribution in [0.4, 0.5) is 0 Å². The molecule has 5 nitrogen and oxygen atoms in total. The van der Waals surface area contributed by atoms with Crippen molar-refractivity contribution in [2.24, 2.45) is 4.99 Å². The van der Waals surface area contributed by atoms with E-state index in [-0.39, 0.29) is 24.0 Å². The number of nitrogens with zero attached hydrogens (tertiary/aromatic N) is 1. The van der Waals surface area contributed by atoms with Crippen molar-refractivity contribution in [3.05, 3.63) is 29.8 Å². The molecule has 0 radical (unpaired) electrons. The van der Waals surface area contributed by atoms with Crippen LogP contribution in [-0.4, -0.2) is 39.8 Å². The summed E-state index contributed by atoms with van der Waals surface area (Å²) in [5.41, 5.74) is 1.09. The fourth-order valence-electron chi connectivity index (χ4n) is 1.94. The van der Waals surface area contributed by atoms with Gasteiger partial charge in [0.05, 0.1) is 4.90 Å². The fourth-order valence-corrected chi connectivity index (χ4v) is 2.57. The molecule has 1 fully saturated rings. The van der Waals surface area contributed by atoms with Gasteiger partial charge < -0.3 is 10.6 Å². The molecule has 1 aromatic carbocycles. The number of hydrogen-bond acceptors (Lipinski definition) is 3. The van der Waals surface area contributed by atoms with Crippen LogP contribution in [0.2, 0.25) is 0 Å². The van der Waals surface area contributed by atoms with E-state index in [2.05, 4.69) is 15.6 Å². The lowest BCUT2D eigenvalue weighted by molar-refractivity contribution is 0.602. The molecule has 1 saturated carbocycles. The Morgan fingerprint density at radius 1 is 1.27 bits per heavy atom. The van der Waals surface area contributed by atoms with Crippen LogP contribution in [0.3, 0.4) is 0 Å². The Bertz CT molecular complexity index is 596. The number of benzene rings is 1. The van der Waals surface area contributed by atoms with Gasteiger partial charge in [-0.1, -0.05) is 12.1 Å². The van der Waals surface area contributed by atoms with Crippen molar-refractivity contribution in [1.82, 2.24) is 10.6 Å². The van der Waals surface area contributed by atoms with Crippen molar-refractivity contribution in [1.29, 1.82) is 0 Å². The van der Waals surface area contributed by atoms with E-state index < -0.39 is 9.84 Å². The zero-order valence-electron chi connectivity index (χ0n) is 13.0. The Morgan fingerprint density at radius 2 is 1.91 bits per heavy atom. The van der Waals surface area contributed by atoms with E-state index in [0.717, 1.165) is 24.5 Å². The van der Waals surface area contributed by atoms with Crippen LogP contribution in [-0.2, 0) is 16.3 Å². The number of halogens is 1. The van der Waals surface area contributed by atoms with Gasteiger partial charge >= 0.3 is 0 Å². The molecule has 2 rings (SSSR count). The van der Waals surface area contributed by atoms with Gasteiger partial charge in [-0.3, -0.25) is 4.99 Å². The van der Waals surface area contributed by atoms with Crippen LogP contribution in [0.15, 0.2) is 34.2 Å². The van der Waals surface area contributed by atoms with Crippen LogP contribution >= 0.6 is 24.0 Å². The first kappa shape index (κ1) is 19.2. The van der Waals surface area contributed by atoms with Gasteiger partial charge in [-0.2, -0.15) is 0 Å². The summed E-state index contributed by atoms with van der Waals surface area (Å²) < 4.78 is 22.8. The number of sulfone groups is 1.